The average Bonchev–Trinajstić information content (AvgIpc) is 3.09. The van der Waals surface area contributed by atoms with Crippen molar-refractivity contribution in [1.82, 2.24) is 9.80 Å². The Labute approximate surface area is 147 Å². The van der Waals surface area contributed by atoms with E-state index in [2.05, 4.69) is 9.64 Å². The fourth-order valence-electron chi connectivity index (χ4n) is 3.99. The van der Waals surface area contributed by atoms with E-state index in [4.69, 9.17) is 9.15 Å². The predicted octanol–water partition coefficient (Wildman–Crippen LogP) is 1.53. The van der Waals surface area contributed by atoms with E-state index in [9.17, 15) is 9.59 Å². The number of nitrogens with zero attached hydrogens (tertiary/aromatic N) is 2. The lowest BCUT2D eigenvalue weighted by atomic mass is 9.71. The van der Waals surface area contributed by atoms with Gasteiger partial charge in [0, 0.05) is 20.7 Å². The summed E-state index contributed by atoms with van der Waals surface area (Å²) in [7, 11) is 4.91. The molecule has 0 aromatic carbocycles. The molecule has 7 nitrogen and oxygen atoms in total. The maximum absolute atomic E-state index is 12.7. The van der Waals surface area contributed by atoms with E-state index in [1.807, 2.05) is 11.9 Å². The molecule has 0 radical (unpaired) electrons. The maximum atomic E-state index is 12.7. The van der Waals surface area contributed by atoms with Crippen LogP contribution in [0, 0.1) is 5.41 Å². The molecular formula is C18H26N2O5. The molecule has 2 aliphatic heterocycles. The van der Waals surface area contributed by atoms with E-state index in [-0.39, 0.29) is 23.2 Å². The lowest BCUT2D eigenvalue weighted by molar-refractivity contribution is -0.156. The van der Waals surface area contributed by atoms with Crippen molar-refractivity contribution in [2.75, 3.05) is 40.9 Å². The van der Waals surface area contributed by atoms with E-state index >= 15 is 0 Å². The number of furan rings is 1. The molecule has 0 bridgehead atoms. The zero-order valence-electron chi connectivity index (χ0n) is 15.1. The number of ether oxygens (including phenoxy) is 2. The Balaban J connectivity index is 1.60. The number of likely N-dealkylation sites (tertiary alicyclic amines) is 2. The summed E-state index contributed by atoms with van der Waals surface area (Å²) in [5.74, 6) is 0.730. The first-order chi connectivity index (χ1) is 12.0. The van der Waals surface area contributed by atoms with Gasteiger partial charge in [-0.25, -0.2) is 4.79 Å². The highest BCUT2D eigenvalue weighted by Gasteiger charge is 2.47. The molecular weight excluding hydrogens is 324 g/mol. The minimum Gasteiger partial charge on any atom is -0.463 e. The van der Waals surface area contributed by atoms with Crippen molar-refractivity contribution >= 4 is 11.9 Å². The second-order valence-electron chi connectivity index (χ2n) is 7.06. The summed E-state index contributed by atoms with van der Waals surface area (Å²) in [4.78, 5) is 28.3. The van der Waals surface area contributed by atoms with Gasteiger partial charge in [0.05, 0.1) is 25.2 Å². The molecule has 0 N–H and O–H groups in total. The fraction of sp³-hybridized carbons (Fsp3) is 0.667. The normalized spacial score (nSPS) is 23.9. The van der Waals surface area contributed by atoms with Gasteiger partial charge in [-0.1, -0.05) is 0 Å². The van der Waals surface area contributed by atoms with Crippen LogP contribution in [-0.4, -0.2) is 68.7 Å². The Kier molecular flexibility index (Phi) is 5.15. The second-order valence-corrected chi connectivity index (χ2v) is 7.06. The molecule has 2 saturated heterocycles. The molecule has 1 amide bonds. The first-order valence-corrected chi connectivity index (χ1v) is 8.65. The molecule has 1 atom stereocenters. The summed E-state index contributed by atoms with van der Waals surface area (Å²) >= 11 is 0. The van der Waals surface area contributed by atoms with E-state index in [0.717, 1.165) is 38.1 Å². The van der Waals surface area contributed by atoms with Gasteiger partial charge in [-0.3, -0.25) is 9.69 Å². The number of rotatable bonds is 4. The number of amides is 1. The van der Waals surface area contributed by atoms with Crippen LogP contribution >= 0.6 is 0 Å². The van der Waals surface area contributed by atoms with Crippen molar-refractivity contribution in [3.63, 3.8) is 0 Å². The Morgan fingerprint density at radius 1 is 1.32 bits per heavy atom. The molecule has 0 saturated carbocycles. The summed E-state index contributed by atoms with van der Waals surface area (Å²) < 4.78 is 15.7. The number of likely N-dealkylation sites (N-methyl/N-ethyl adjacent to an activating group) is 1. The molecule has 1 spiro atoms. The molecule has 7 heteroatoms. The summed E-state index contributed by atoms with van der Waals surface area (Å²) in [6, 6.07) is 3.44. The lowest BCUT2D eigenvalue weighted by Crippen LogP contribution is -2.56. The van der Waals surface area contributed by atoms with Crippen LogP contribution in [0.5, 0.6) is 0 Å². The summed E-state index contributed by atoms with van der Waals surface area (Å²) in [5, 5.41) is 0. The predicted molar refractivity (Wildman–Crippen MR) is 90.0 cm³/mol. The van der Waals surface area contributed by atoms with Crippen molar-refractivity contribution in [2.45, 2.75) is 31.9 Å². The van der Waals surface area contributed by atoms with E-state index < -0.39 is 5.97 Å². The molecule has 3 rings (SSSR count). The Hall–Kier alpha value is -1.86. The molecule has 1 aromatic heterocycles. The van der Waals surface area contributed by atoms with Crippen LogP contribution in [0.3, 0.4) is 0 Å². The molecule has 138 valence electrons. The summed E-state index contributed by atoms with van der Waals surface area (Å²) in [6.07, 6.45) is 2.55. The van der Waals surface area contributed by atoms with Crippen LogP contribution in [0.25, 0.3) is 0 Å². The van der Waals surface area contributed by atoms with Crippen LogP contribution < -0.4 is 0 Å². The third-order valence-electron chi connectivity index (χ3n) is 5.47. The van der Waals surface area contributed by atoms with E-state index in [0.29, 0.717) is 13.1 Å². The number of methoxy groups -OCH3 is 2. The largest absolute Gasteiger partial charge is 0.463 e. The third kappa shape index (κ3) is 3.57. The van der Waals surface area contributed by atoms with Gasteiger partial charge in [0.1, 0.15) is 5.76 Å². The van der Waals surface area contributed by atoms with Gasteiger partial charge >= 0.3 is 5.97 Å². The standard InChI is InChI=1S/C18H26N2O5/c1-19-11-14(23-2)10-18(17(19)22)6-8-20(9-7-18)12-13-4-5-15(25-13)16(21)24-3/h4-5,14H,6-12H2,1-3H3. The minimum absolute atomic E-state index is 0.113. The highest BCUT2D eigenvalue weighted by Crippen LogP contribution is 2.41. The topological polar surface area (TPSA) is 72.2 Å². The van der Waals surface area contributed by atoms with Crippen molar-refractivity contribution in [3.8, 4) is 0 Å². The maximum Gasteiger partial charge on any atom is 0.373 e. The molecule has 25 heavy (non-hydrogen) atoms. The van der Waals surface area contributed by atoms with Crippen LogP contribution in [-0.2, 0) is 20.8 Å². The van der Waals surface area contributed by atoms with Crippen molar-refractivity contribution in [3.05, 3.63) is 23.7 Å². The Morgan fingerprint density at radius 2 is 2.04 bits per heavy atom. The number of hydrogen-bond donors (Lipinski definition) is 0. The van der Waals surface area contributed by atoms with Crippen LogP contribution in [0.15, 0.2) is 16.5 Å². The van der Waals surface area contributed by atoms with Gasteiger partial charge in [0.2, 0.25) is 11.7 Å². The SMILES string of the molecule is COC(=O)c1ccc(CN2CCC3(CC2)CC(OC)CN(C)C3=O)o1. The van der Waals surface area contributed by atoms with Crippen molar-refractivity contribution in [1.29, 1.82) is 0 Å². The molecule has 3 heterocycles. The average molecular weight is 350 g/mol. The van der Waals surface area contributed by atoms with Gasteiger partial charge in [-0.15, -0.1) is 0 Å². The number of esters is 1. The van der Waals surface area contributed by atoms with Gasteiger partial charge in [-0.2, -0.15) is 0 Å². The molecule has 0 aliphatic carbocycles. The van der Waals surface area contributed by atoms with E-state index in [1.54, 1.807) is 19.2 Å². The molecule has 1 aromatic rings. The number of carbonyl (C=O) groups excluding carboxylic acids is 2. The second kappa shape index (κ2) is 7.17. The van der Waals surface area contributed by atoms with Gasteiger partial charge in [-0.05, 0) is 44.5 Å². The number of piperidine rings is 2. The van der Waals surface area contributed by atoms with Crippen molar-refractivity contribution < 1.29 is 23.5 Å². The molecule has 2 aliphatic rings. The number of carbonyl (C=O) groups is 2. The zero-order valence-corrected chi connectivity index (χ0v) is 15.1. The summed E-state index contributed by atoms with van der Waals surface area (Å²) in [6.45, 7) is 2.95. The summed E-state index contributed by atoms with van der Waals surface area (Å²) in [5.41, 5.74) is -0.301. The monoisotopic (exact) mass is 350 g/mol. The van der Waals surface area contributed by atoms with Gasteiger partial charge in [0.25, 0.3) is 0 Å². The minimum atomic E-state index is -0.467. The number of hydrogen-bond acceptors (Lipinski definition) is 6. The third-order valence-corrected chi connectivity index (χ3v) is 5.47. The lowest BCUT2D eigenvalue weighted by Gasteiger charge is -2.47. The van der Waals surface area contributed by atoms with Crippen molar-refractivity contribution in [2.24, 2.45) is 5.41 Å². The Morgan fingerprint density at radius 3 is 2.68 bits per heavy atom. The van der Waals surface area contributed by atoms with Crippen LogP contribution in [0.4, 0.5) is 0 Å². The fourth-order valence-corrected chi connectivity index (χ4v) is 3.99. The smallest absolute Gasteiger partial charge is 0.373 e. The Bertz CT molecular complexity index is 633. The van der Waals surface area contributed by atoms with Gasteiger partial charge < -0.3 is 18.8 Å². The highest BCUT2D eigenvalue weighted by molar-refractivity contribution is 5.86. The molecule has 1 unspecified atom stereocenters. The van der Waals surface area contributed by atoms with Crippen LogP contribution in [0.2, 0.25) is 0 Å². The first kappa shape index (κ1) is 17.9. The van der Waals surface area contributed by atoms with Crippen LogP contribution in [0.1, 0.15) is 35.6 Å². The zero-order chi connectivity index (χ0) is 18.0. The first-order valence-electron chi connectivity index (χ1n) is 8.65. The van der Waals surface area contributed by atoms with Gasteiger partial charge in [0.15, 0.2) is 0 Å². The highest BCUT2D eigenvalue weighted by atomic mass is 16.5. The quantitative estimate of drug-likeness (QED) is 0.767. The van der Waals surface area contributed by atoms with E-state index in [1.165, 1.54) is 7.11 Å². The molecule has 2 fully saturated rings.